The average molecular weight is 320 g/mol. The Balaban J connectivity index is 2.32. The molecule has 4 nitrogen and oxygen atoms in total. The summed E-state index contributed by atoms with van der Waals surface area (Å²) in [5.74, 6) is -0.993. The fourth-order valence-corrected chi connectivity index (χ4v) is 2.34. The number of aromatic carboxylic acids is 1. The summed E-state index contributed by atoms with van der Waals surface area (Å²) in [5, 5.41) is 9.27. The van der Waals surface area contributed by atoms with E-state index in [4.69, 9.17) is 0 Å². The van der Waals surface area contributed by atoms with Gasteiger partial charge in [-0.25, -0.2) is 9.79 Å². The Morgan fingerprint density at radius 1 is 1.08 bits per heavy atom. The number of hydrogen-bond acceptors (Lipinski definition) is 3. The van der Waals surface area contributed by atoms with E-state index in [2.05, 4.69) is 22.1 Å². The smallest absolute Gasteiger partial charge is 0.337 e. The minimum Gasteiger partial charge on any atom is -0.478 e. The molecule has 0 bridgehead atoms. The summed E-state index contributed by atoms with van der Waals surface area (Å²) < 4.78 is 0. The molecule has 122 valence electrons. The van der Waals surface area contributed by atoms with Crippen LogP contribution in [0.2, 0.25) is 0 Å². The molecular weight excluding hydrogens is 300 g/mol. The van der Waals surface area contributed by atoms with Crippen LogP contribution in [-0.4, -0.2) is 30.0 Å². The second-order valence-corrected chi connectivity index (χ2v) is 5.40. The first-order valence-electron chi connectivity index (χ1n) is 7.64. The molecule has 1 N–H and O–H groups in total. The summed E-state index contributed by atoms with van der Waals surface area (Å²) in [6, 6.07) is 16.8. The van der Waals surface area contributed by atoms with E-state index in [1.54, 1.807) is 37.5 Å². The Hall–Kier alpha value is -3.01. The molecular formula is C20H20N2O2. The highest BCUT2D eigenvalue weighted by atomic mass is 16.4. The SMILES string of the molecule is CN=CC(/C=C(\C)Cc1ccccc1)=Nc1ccccc1C(=O)O. The van der Waals surface area contributed by atoms with Gasteiger partial charge in [-0.1, -0.05) is 48.0 Å². The molecule has 0 spiro atoms. The molecule has 0 aliphatic heterocycles. The van der Waals surface area contributed by atoms with Crippen LogP contribution in [0.5, 0.6) is 0 Å². The summed E-state index contributed by atoms with van der Waals surface area (Å²) in [6.07, 6.45) is 4.36. The van der Waals surface area contributed by atoms with Crippen molar-refractivity contribution >= 4 is 23.6 Å². The highest BCUT2D eigenvalue weighted by Gasteiger charge is 2.08. The molecule has 24 heavy (non-hydrogen) atoms. The number of aliphatic imine (C=N–C) groups is 2. The largest absolute Gasteiger partial charge is 0.478 e. The molecule has 0 fully saturated rings. The van der Waals surface area contributed by atoms with Crippen LogP contribution in [0.1, 0.15) is 22.8 Å². The molecule has 2 aromatic carbocycles. The van der Waals surface area contributed by atoms with Crippen LogP contribution >= 0.6 is 0 Å². The van der Waals surface area contributed by atoms with Crippen molar-refractivity contribution in [3.05, 3.63) is 77.4 Å². The van der Waals surface area contributed by atoms with Gasteiger partial charge in [-0.3, -0.25) is 4.99 Å². The molecule has 0 aliphatic carbocycles. The van der Waals surface area contributed by atoms with Crippen molar-refractivity contribution in [3.8, 4) is 0 Å². The van der Waals surface area contributed by atoms with Gasteiger partial charge in [-0.2, -0.15) is 0 Å². The zero-order valence-corrected chi connectivity index (χ0v) is 13.8. The van der Waals surface area contributed by atoms with Crippen LogP contribution < -0.4 is 0 Å². The molecule has 0 aromatic heterocycles. The van der Waals surface area contributed by atoms with Gasteiger partial charge in [0, 0.05) is 13.3 Å². The molecule has 0 radical (unpaired) electrons. The average Bonchev–Trinajstić information content (AvgIpc) is 2.56. The Morgan fingerprint density at radius 3 is 2.42 bits per heavy atom. The standard InChI is InChI=1S/C20H20N2O2/c1-15(12-16-8-4-3-5-9-16)13-17(14-21-2)22-19-11-7-6-10-18(19)20(23)24/h3-11,13-14H,12H2,1-2H3,(H,23,24)/b15-13+,21-14?,22-17?. The quantitative estimate of drug-likeness (QED) is 0.804. The van der Waals surface area contributed by atoms with Gasteiger partial charge in [-0.05, 0) is 37.1 Å². The highest BCUT2D eigenvalue weighted by Crippen LogP contribution is 2.19. The van der Waals surface area contributed by atoms with E-state index < -0.39 is 5.97 Å². The molecule has 2 rings (SSSR count). The molecule has 0 saturated carbocycles. The third-order valence-corrected chi connectivity index (χ3v) is 3.37. The van der Waals surface area contributed by atoms with Crippen molar-refractivity contribution in [2.75, 3.05) is 7.05 Å². The number of nitrogens with zero attached hydrogens (tertiary/aromatic N) is 2. The summed E-state index contributed by atoms with van der Waals surface area (Å²) in [4.78, 5) is 19.8. The van der Waals surface area contributed by atoms with Crippen LogP contribution in [0.4, 0.5) is 5.69 Å². The van der Waals surface area contributed by atoms with Gasteiger partial charge in [0.25, 0.3) is 0 Å². The first-order chi connectivity index (χ1) is 11.6. The zero-order chi connectivity index (χ0) is 17.4. The lowest BCUT2D eigenvalue weighted by Crippen LogP contribution is -2.01. The highest BCUT2D eigenvalue weighted by molar-refractivity contribution is 6.36. The Morgan fingerprint density at radius 2 is 1.75 bits per heavy atom. The van der Waals surface area contributed by atoms with Crippen LogP contribution in [0.15, 0.2) is 76.2 Å². The normalized spacial score (nSPS) is 12.6. The molecule has 2 aromatic rings. The lowest BCUT2D eigenvalue weighted by Gasteiger charge is -2.04. The van der Waals surface area contributed by atoms with Crippen molar-refractivity contribution in [2.45, 2.75) is 13.3 Å². The summed E-state index contributed by atoms with van der Waals surface area (Å²) in [5.41, 5.74) is 3.55. The lowest BCUT2D eigenvalue weighted by atomic mass is 10.1. The number of allylic oxidation sites excluding steroid dienone is 2. The van der Waals surface area contributed by atoms with E-state index in [1.165, 1.54) is 5.56 Å². The maximum absolute atomic E-state index is 11.3. The third kappa shape index (κ3) is 5.02. The molecule has 0 heterocycles. The van der Waals surface area contributed by atoms with E-state index in [-0.39, 0.29) is 5.56 Å². The summed E-state index contributed by atoms with van der Waals surface area (Å²) in [6.45, 7) is 2.02. The minimum absolute atomic E-state index is 0.175. The predicted molar refractivity (Wildman–Crippen MR) is 98.8 cm³/mol. The molecule has 0 unspecified atom stereocenters. The summed E-state index contributed by atoms with van der Waals surface area (Å²) >= 11 is 0. The zero-order valence-electron chi connectivity index (χ0n) is 13.8. The van der Waals surface area contributed by atoms with E-state index in [0.29, 0.717) is 11.4 Å². The van der Waals surface area contributed by atoms with Crippen LogP contribution in [0, 0.1) is 0 Å². The maximum Gasteiger partial charge on any atom is 0.337 e. The van der Waals surface area contributed by atoms with Gasteiger partial charge in [-0.15, -0.1) is 0 Å². The van der Waals surface area contributed by atoms with Crippen LogP contribution in [0.3, 0.4) is 0 Å². The predicted octanol–water partition coefficient (Wildman–Crippen LogP) is 4.35. The van der Waals surface area contributed by atoms with Gasteiger partial charge >= 0.3 is 5.97 Å². The Kier molecular flexibility index (Phi) is 6.20. The number of carbonyl (C=O) groups is 1. The van der Waals surface area contributed by atoms with Crippen molar-refractivity contribution < 1.29 is 9.90 Å². The van der Waals surface area contributed by atoms with Crippen molar-refractivity contribution in [3.63, 3.8) is 0 Å². The fraction of sp³-hybridized carbons (Fsp3) is 0.150. The Labute approximate surface area is 141 Å². The molecule has 0 saturated heterocycles. The Bertz CT molecular complexity index is 790. The van der Waals surface area contributed by atoms with Crippen molar-refractivity contribution in [2.24, 2.45) is 9.98 Å². The van der Waals surface area contributed by atoms with E-state index in [0.717, 1.165) is 12.0 Å². The van der Waals surface area contributed by atoms with Crippen molar-refractivity contribution in [1.82, 2.24) is 0 Å². The number of benzene rings is 2. The minimum atomic E-state index is -0.993. The number of rotatable bonds is 6. The second kappa shape index (κ2) is 8.58. The maximum atomic E-state index is 11.3. The van der Waals surface area contributed by atoms with E-state index in [9.17, 15) is 9.90 Å². The first-order valence-corrected chi connectivity index (χ1v) is 7.64. The topological polar surface area (TPSA) is 62.0 Å². The lowest BCUT2D eigenvalue weighted by molar-refractivity contribution is 0.0698. The number of carboxylic acid groups (broad SMARTS) is 1. The third-order valence-electron chi connectivity index (χ3n) is 3.37. The van der Waals surface area contributed by atoms with Crippen LogP contribution in [0.25, 0.3) is 0 Å². The fourth-order valence-electron chi connectivity index (χ4n) is 2.34. The molecule has 0 aliphatic rings. The number of hydrogen-bond donors (Lipinski definition) is 1. The number of para-hydroxylation sites is 1. The van der Waals surface area contributed by atoms with Crippen molar-refractivity contribution in [1.29, 1.82) is 0 Å². The first kappa shape index (κ1) is 17.3. The van der Waals surface area contributed by atoms with E-state index >= 15 is 0 Å². The molecule has 0 atom stereocenters. The van der Waals surface area contributed by atoms with Gasteiger partial charge < -0.3 is 5.11 Å². The van der Waals surface area contributed by atoms with Gasteiger partial charge in [0.05, 0.1) is 17.0 Å². The summed E-state index contributed by atoms with van der Waals surface area (Å²) in [7, 11) is 1.67. The second-order valence-electron chi connectivity index (χ2n) is 5.40. The number of carboxylic acids is 1. The monoisotopic (exact) mass is 320 g/mol. The molecule has 0 amide bonds. The van der Waals surface area contributed by atoms with Crippen LogP contribution in [-0.2, 0) is 6.42 Å². The molecule has 4 heteroatoms. The van der Waals surface area contributed by atoms with Gasteiger partial charge in [0.1, 0.15) is 0 Å². The van der Waals surface area contributed by atoms with Gasteiger partial charge in [0.2, 0.25) is 0 Å². The van der Waals surface area contributed by atoms with Gasteiger partial charge in [0.15, 0.2) is 0 Å². The van der Waals surface area contributed by atoms with E-state index in [1.807, 2.05) is 31.2 Å².